The maximum atomic E-state index is 5.76. The van der Waals surface area contributed by atoms with Crippen LogP contribution in [0.25, 0.3) is 0 Å². The molecular formula is C13H26ClN3. The molecule has 0 saturated carbocycles. The highest BCUT2D eigenvalue weighted by molar-refractivity contribution is 6.29. The molecule has 0 rings (SSSR count). The maximum Gasteiger partial charge on any atom is 0.124 e. The molecule has 0 bridgehead atoms. The molecule has 0 amide bonds. The Hall–Kier alpha value is -0.380. The highest BCUT2D eigenvalue weighted by atomic mass is 35.5. The Labute approximate surface area is 111 Å². The van der Waals surface area contributed by atoms with E-state index in [2.05, 4.69) is 49.6 Å². The molecule has 0 aromatic carbocycles. The van der Waals surface area contributed by atoms with E-state index in [1.165, 1.54) is 0 Å². The minimum Gasteiger partial charge on any atom is -0.312 e. The number of likely N-dealkylation sites (N-methyl/N-ethyl adjacent to an activating group) is 1. The monoisotopic (exact) mass is 259 g/mol. The average molecular weight is 260 g/mol. The number of nitrogens with one attached hydrogen (secondary N) is 1. The van der Waals surface area contributed by atoms with Gasteiger partial charge in [-0.1, -0.05) is 25.4 Å². The van der Waals surface area contributed by atoms with E-state index in [0.29, 0.717) is 17.2 Å². The Morgan fingerprint density at radius 3 is 2.47 bits per heavy atom. The van der Waals surface area contributed by atoms with Gasteiger partial charge in [-0.2, -0.15) is 0 Å². The molecule has 0 spiro atoms. The summed E-state index contributed by atoms with van der Waals surface area (Å²) in [6.45, 7) is 15.4. The molecule has 2 atom stereocenters. The number of rotatable bonds is 9. The van der Waals surface area contributed by atoms with Gasteiger partial charge in [-0.3, -0.25) is 9.89 Å². The molecule has 0 heterocycles. The molecule has 100 valence electrons. The lowest BCUT2D eigenvalue weighted by Crippen LogP contribution is -2.42. The summed E-state index contributed by atoms with van der Waals surface area (Å²) in [5.41, 5.74) is 0. The van der Waals surface area contributed by atoms with Crippen LogP contribution in [0, 0.1) is 0 Å². The SMILES string of the molecule is C=N/C(Cl)=C\CC(C)NC[C@H](C)N(CC)CC. The lowest BCUT2D eigenvalue weighted by molar-refractivity contribution is 0.222. The minimum absolute atomic E-state index is 0.406. The van der Waals surface area contributed by atoms with Gasteiger partial charge in [-0.05, 0) is 46.2 Å². The number of hydrogen-bond donors (Lipinski definition) is 1. The second kappa shape index (κ2) is 9.63. The van der Waals surface area contributed by atoms with Crippen molar-refractivity contribution in [3.63, 3.8) is 0 Å². The molecule has 0 radical (unpaired) electrons. The van der Waals surface area contributed by atoms with Crippen LogP contribution >= 0.6 is 11.6 Å². The molecule has 0 aliphatic carbocycles. The Kier molecular flexibility index (Phi) is 9.41. The van der Waals surface area contributed by atoms with Crippen molar-refractivity contribution in [2.45, 2.75) is 46.2 Å². The van der Waals surface area contributed by atoms with E-state index in [-0.39, 0.29) is 0 Å². The molecule has 4 heteroatoms. The van der Waals surface area contributed by atoms with Crippen LogP contribution in [0.15, 0.2) is 16.2 Å². The molecular weight excluding hydrogens is 234 g/mol. The summed E-state index contributed by atoms with van der Waals surface area (Å²) in [6.07, 6.45) is 2.77. The fraction of sp³-hybridized carbons (Fsp3) is 0.769. The van der Waals surface area contributed by atoms with Gasteiger partial charge >= 0.3 is 0 Å². The summed E-state index contributed by atoms with van der Waals surface area (Å²) in [5.74, 6) is 0. The Morgan fingerprint density at radius 2 is 2.00 bits per heavy atom. The number of halogens is 1. The van der Waals surface area contributed by atoms with E-state index in [1.54, 1.807) is 0 Å². The summed E-state index contributed by atoms with van der Waals surface area (Å²) in [4.78, 5) is 6.09. The van der Waals surface area contributed by atoms with Crippen LogP contribution in [-0.4, -0.2) is 43.3 Å². The zero-order valence-corrected chi connectivity index (χ0v) is 12.3. The molecule has 3 nitrogen and oxygen atoms in total. The standard InChI is InChI=1S/C13H26ClN3/c1-6-17(7-2)12(4)10-16-11(3)8-9-13(14)15-5/h9,11-12,16H,5-8,10H2,1-4H3/b13-9-/t11?,12-/m0/s1. The van der Waals surface area contributed by atoms with Crippen LogP contribution in [0.2, 0.25) is 0 Å². The lowest BCUT2D eigenvalue weighted by atomic mass is 10.2. The van der Waals surface area contributed by atoms with Crippen molar-refractivity contribution in [3.05, 3.63) is 11.2 Å². The van der Waals surface area contributed by atoms with E-state index < -0.39 is 0 Å². The second-order valence-corrected chi connectivity index (χ2v) is 4.69. The van der Waals surface area contributed by atoms with Crippen LogP contribution in [0.3, 0.4) is 0 Å². The first-order chi connectivity index (χ1) is 8.04. The van der Waals surface area contributed by atoms with Crippen molar-refractivity contribution in [1.29, 1.82) is 0 Å². The van der Waals surface area contributed by atoms with Crippen molar-refractivity contribution < 1.29 is 0 Å². The van der Waals surface area contributed by atoms with Crippen LogP contribution in [0.5, 0.6) is 0 Å². The predicted octanol–water partition coefficient (Wildman–Crippen LogP) is 2.87. The van der Waals surface area contributed by atoms with Crippen LogP contribution in [0.1, 0.15) is 34.1 Å². The van der Waals surface area contributed by atoms with Gasteiger partial charge in [0, 0.05) is 18.6 Å². The fourth-order valence-corrected chi connectivity index (χ4v) is 1.86. The van der Waals surface area contributed by atoms with E-state index in [4.69, 9.17) is 11.6 Å². The quantitative estimate of drug-likeness (QED) is 0.509. The smallest absolute Gasteiger partial charge is 0.124 e. The third-order valence-corrected chi connectivity index (χ3v) is 3.26. The zero-order chi connectivity index (χ0) is 13.3. The number of hydrogen-bond acceptors (Lipinski definition) is 3. The van der Waals surface area contributed by atoms with Gasteiger partial charge in [0.05, 0.1) is 0 Å². The van der Waals surface area contributed by atoms with Crippen molar-refractivity contribution in [3.8, 4) is 0 Å². The van der Waals surface area contributed by atoms with Gasteiger partial charge in [0.25, 0.3) is 0 Å². The third kappa shape index (κ3) is 7.53. The molecule has 0 fully saturated rings. The van der Waals surface area contributed by atoms with E-state index in [9.17, 15) is 0 Å². The molecule has 1 unspecified atom stereocenters. The molecule has 0 aromatic heterocycles. The highest BCUT2D eigenvalue weighted by Gasteiger charge is 2.10. The van der Waals surface area contributed by atoms with Crippen molar-refractivity contribution in [2.24, 2.45) is 4.99 Å². The zero-order valence-electron chi connectivity index (χ0n) is 11.5. The van der Waals surface area contributed by atoms with Crippen LogP contribution < -0.4 is 5.32 Å². The molecule has 0 aliphatic heterocycles. The van der Waals surface area contributed by atoms with Gasteiger partial charge < -0.3 is 5.32 Å². The molecule has 0 aromatic rings. The predicted molar refractivity (Wildman–Crippen MR) is 77.9 cm³/mol. The number of aliphatic imine (C=N–C) groups is 1. The van der Waals surface area contributed by atoms with Gasteiger partial charge in [0.15, 0.2) is 0 Å². The summed E-state index contributed by atoms with van der Waals surface area (Å²) >= 11 is 5.76. The van der Waals surface area contributed by atoms with Gasteiger partial charge in [0.2, 0.25) is 0 Å². The Balaban J connectivity index is 3.90. The average Bonchev–Trinajstić information content (AvgIpc) is 2.34. The molecule has 1 N–H and O–H groups in total. The fourth-order valence-electron chi connectivity index (χ4n) is 1.77. The van der Waals surface area contributed by atoms with Crippen molar-refractivity contribution in [2.75, 3.05) is 19.6 Å². The van der Waals surface area contributed by atoms with E-state index >= 15 is 0 Å². The van der Waals surface area contributed by atoms with Gasteiger partial charge in [-0.25, -0.2) is 0 Å². The first-order valence-electron chi connectivity index (χ1n) is 6.34. The van der Waals surface area contributed by atoms with Gasteiger partial charge in [-0.15, -0.1) is 0 Å². The number of nitrogens with zero attached hydrogens (tertiary/aromatic N) is 2. The summed E-state index contributed by atoms with van der Waals surface area (Å²) in [7, 11) is 0. The van der Waals surface area contributed by atoms with Crippen LogP contribution in [-0.2, 0) is 0 Å². The largest absolute Gasteiger partial charge is 0.312 e. The normalized spacial score (nSPS) is 16.0. The van der Waals surface area contributed by atoms with Crippen LogP contribution in [0.4, 0.5) is 0 Å². The molecule has 0 saturated heterocycles. The summed E-state index contributed by atoms with van der Waals surface area (Å²) in [5, 5.41) is 3.99. The van der Waals surface area contributed by atoms with Gasteiger partial charge in [0.1, 0.15) is 5.16 Å². The Morgan fingerprint density at radius 1 is 1.41 bits per heavy atom. The second-order valence-electron chi connectivity index (χ2n) is 4.30. The minimum atomic E-state index is 0.406. The third-order valence-electron chi connectivity index (χ3n) is 2.99. The first kappa shape index (κ1) is 16.6. The molecule has 0 aliphatic rings. The summed E-state index contributed by atoms with van der Waals surface area (Å²) < 4.78 is 0. The van der Waals surface area contributed by atoms with E-state index in [0.717, 1.165) is 26.1 Å². The highest BCUT2D eigenvalue weighted by Crippen LogP contribution is 2.05. The van der Waals surface area contributed by atoms with Crippen molar-refractivity contribution >= 4 is 18.3 Å². The maximum absolute atomic E-state index is 5.76. The van der Waals surface area contributed by atoms with E-state index in [1.807, 2.05) is 6.08 Å². The molecule has 17 heavy (non-hydrogen) atoms. The Bertz CT molecular complexity index is 237. The topological polar surface area (TPSA) is 27.6 Å². The summed E-state index contributed by atoms with van der Waals surface area (Å²) in [6, 6.07) is 0.966. The van der Waals surface area contributed by atoms with Crippen molar-refractivity contribution in [1.82, 2.24) is 10.2 Å². The first-order valence-corrected chi connectivity index (χ1v) is 6.72. The lowest BCUT2D eigenvalue weighted by Gasteiger charge is -2.27.